The van der Waals surface area contributed by atoms with Crippen molar-refractivity contribution in [3.8, 4) is 0 Å². The first-order valence-electron chi connectivity index (χ1n) is 7.34. The van der Waals surface area contributed by atoms with E-state index in [9.17, 15) is 0 Å². The van der Waals surface area contributed by atoms with Crippen LogP contribution in [-0.4, -0.2) is 58.0 Å². The van der Waals surface area contributed by atoms with Crippen molar-refractivity contribution < 1.29 is 9.47 Å². The molecule has 1 atom stereocenters. The van der Waals surface area contributed by atoms with E-state index in [1.165, 1.54) is 11.1 Å². The van der Waals surface area contributed by atoms with Gasteiger partial charge in [0, 0.05) is 46.4 Å². The van der Waals surface area contributed by atoms with Crippen molar-refractivity contribution in [2.75, 3.05) is 47.1 Å². The van der Waals surface area contributed by atoms with Crippen molar-refractivity contribution in [2.45, 2.75) is 19.0 Å². The number of rotatable bonds is 8. The summed E-state index contributed by atoms with van der Waals surface area (Å²) in [5.41, 5.74) is 2.92. The normalized spacial score (nSPS) is 18.2. The molecule has 0 amide bonds. The molecule has 0 bridgehead atoms. The predicted molar refractivity (Wildman–Crippen MR) is 81.0 cm³/mol. The highest BCUT2D eigenvalue weighted by molar-refractivity contribution is 5.29. The van der Waals surface area contributed by atoms with Crippen LogP contribution >= 0.6 is 0 Å². The maximum Gasteiger partial charge on any atom is 0.0589 e. The summed E-state index contributed by atoms with van der Waals surface area (Å²) in [6.45, 7) is 5.48. The SMILES string of the molecule is COCCN(CCOC)CC1Cc2ccccc2CN1. The molecule has 20 heavy (non-hydrogen) atoms. The van der Waals surface area contributed by atoms with Gasteiger partial charge < -0.3 is 14.8 Å². The van der Waals surface area contributed by atoms with Crippen LogP contribution in [0.15, 0.2) is 24.3 Å². The van der Waals surface area contributed by atoms with Gasteiger partial charge in [-0.1, -0.05) is 24.3 Å². The Hall–Kier alpha value is -0.940. The Morgan fingerprint density at radius 1 is 1.10 bits per heavy atom. The molecule has 112 valence electrons. The smallest absolute Gasteiger partial charge is 0.0589 e. The number of ether oxygens (including phenoxy) is 2. The Kier molecular flexibility index (Phi) is 6.47. The number of benzene rings is 1. The largest absolute Gasteiger partial charge is 0.383 e. The molecular formula is C16H26N2O2. The molecule has 0 aliphatic carbocycles. The highest BCUT2D eigenvalue weighted by atomic mass is 16.5. The van der Waals surface area contributed by atoms with E-state index in [-0.39, 0.29) is 0 Å². The molecular weight excluding hydrogens is 252 g/mol. The molecule has 0 spiro atoms. The van der Waals surface area contributed by atoms with Crippen LogP contribution in [0.2, 0.25) is 0 Å². The monoisotopic (exact) mass is 278 g/mol. The van der Waals surface area contributed by atoms with Gasteiger partial charge in [0.15, 0.2) is 0 Å². The van der Waals surface area contributed by atoms with Gasteiger partial charge in [0.1, 0.15) is 0 Å². The van der Waals surface area contributed by atoms with Crippen LogP contribution in [0.1, 0.15) is 11.1 Å². The minimum atomic E-state index is 0.513. The fraction of sp³-hybridized carbons (Fsp3) is 0.625. The summed E-state index contributed by atoms with van der Waals surface area (Å²) >= 11 is 0. The van der Waals surface area contributed by atoms with E-state index in [2.05, 4.69) is 34.5 Å². The van der Waals surface area contributed by atoms with Crippen molar-refractivity contribution >= 4 is 0 Å². The van der Waals surface area contributed by atoms with Gasteiger partial charge in [-0.25, -0.2) is 0 Å². The van der Waals surface area contributed by atoms with Gasteiger partial charge in [-0.2, -0.15) is 0 Å². The number of fused-ring (bicyclic) bond motifs is 1. The van der Waals surface area contributed by atoms with Crippen molar-refractivity contribution in [3.63, 3.8) is 0 Å². The third-order valence-corrected chi connectivity index (χ3v) is 3.87. The predicted octanol–water partition coefficient (Wildman–Crippen LogP) is 1.30. The first kappa shape index (κ1) is 15.4. The molecule has 2 rings (SSSR count). The summed E-state index contributed by atoms with van der Waals surface area (Å²) in [5.74, 6) is 0. The summed E-state index contributed by atoms with van der Waals surface area (Å²) in [5, 5.41) is 3.64. The molecule has 0 fully saturated rings. The van der Waals surface area contributed by atoms with Crippen molar-refractivity contribution in [1.82, 2.24) is 10.2 Å². The quantitative estimate of drug-likeness (QED) is 0.777. The zero-order valence-electron chi connectivity index (χ0n) is 12.6. The van der Waals surface area contributed by atoms with Gasteiger partial charge in [-0.3, -0.25) is 4.90 Å². The summed E-state index contributed by atoms with van der Waals surface area (Å²) in [7, 11) is 3.51. The average Bonchev–Trinajstić information content (AvgIpc) is 2.50. The van der Waals surface area contributed by atoms with Gasteiger partial charge in [0.05, 0.1) is 13.2 Å². The fourth-order valence-electron chi connectivity index (χ4n) is 2.70. The molecule has 0 aromatic heterocycles. The van der Waals surface area contributed by atoms with E-state index in [1.54, 1.807) is 14.2 Å². The minimum absolute atomic E-state index is 0.513. The Bertz CT molecular complexity index is 390. The number of nitrogens with one attached hydrogen (secondary N) is 1. The van der Waals surface area contributed by atoms with E-state index in [1.807, 2.05) is 0 Å². The summed E-state index contributed by atoms with van der Waals surface area (Å²) < 4.78 is 10.4. The van der Waals surface area contributed by atoms with E-state index in [0.29, 0.717) is 6.04 Å². The van der Waals surface area contributed by atoms with Crippen molar-refractivity contribution in [2.24, 2.45) is 0 Å². The van der Waals surface area contributed by atoms with Gasteiger partial charge in [0.2, 0.25) is 0 Å². The Morgan fingerprint density at radius 3 is 2.40 bits per heavy atom. The van der Waals surface area contributed by atoms with Crippen LogP contribution in [-0.2, 0) is 22.4 Å². The lowest BCUT2D eigenvalue weighted by atomic mass is 9.95. The second-order valence-corrected chi connectivity index (χ2v) is 5.34. The second kappa shape index (κ2) is 8.37. The summed E-state index contributed by atoms with van der Waals surface area (Å²) in [4.78, 5) is 2.42. The minimum Gasteiger partial charge on any atom is -0.383 e. The molecule has 4 nitrogen and oxygen atoms in total. The lowest BCUT2D eigenvalue weighted by molar-refractivity contribution is 0.107. The van der Waals surface area contributed by atoms with Crippen LogP contribution in [0.25, 0.3) is 0 Å². The third kappa shape index (κ3) is 4.56. The van der Waals surface area contributed by atoms with E-state index in [4.69, 9.17) is 9.47 Å². The zero-order chi connectivity index (χ0) is 14.2. The summed E-state index contributed by atoms with van der Waals surface area (Å²) in [6, 6.07) is 9.22. The lowest BCUT2D eigenvalue weighted by Crippen LogP contribution is -2.46. The number of hydrogen-bond acceptors (Lipinski definition) is 4. The van der Waals surface area contributed by atoms with Crippen LogP contribution in [0.3, 0.4) is 0 Å². The average molecular weight is 278 g/mol. The van der Waals surface area contributed by atoms with E-state index >= 15 is 0 Å². The van der Waals surface area contributed by atoms with E-state index < -0.39 is 0 Å². The molecule has 1 heterocycles. The first-order valence-corrected chi connectivity index (χ1v) is 7.34. The molecule has 1 unspecified atom stereocenters. The number of methoxy groups -OCH3 is 2. The molecule has 1 N–H and O–H groups in total. The maximum absolute atomic E-state index is 5.19. The van der Waals surface area contributed by atoms with Crippen LogP contribution in [0.4, 0.5) is 0 Å². The highest BCUT2D eigenvalue weighted by Gasteiger charge is 2.19. The molecule has 0 saturated heterocycles. The van der Waals surface area contributed by atoms with Gasteiger partial charge in [-0.05, 0) is 17.5 Å². The number of nitrogens with zero attached hydrogens (tertiary/aromatic N) is 1. The van der Waals surface area contributed by atoms with Crippen LogP contribution in [0, 0.1) is 0 Å². The fourth-order valence-corrected chi connectivity index (χ4v) is 2.70. The molecule has 4 heteroatoms. The third-order valence-electron chi connectivity index (χ3n) is 3.87. The summed E-state index contributed by atoms with van der Waals surface area (Å²) in [6.07, 6.45) is 1.10. The molecule has 0 saturated carbocycles. The molecule has 1 aromatic carbocycles. The highest BCUT2D eigenvalue weighted by Crippen LogP contribution is 2.16. The van der Waals surface area contributed by atoms with E-state index in [0.717, 1.165) is 45.8 Å². The zero-order valence-corrected chi connectivity index (χ0v) is 12.6. The molecule has 1 aliphatic heterocycles. The molecule has 1 aliphatic rings. The van der Waals surface area contributed by atoms with Crippen LogP contribution < -0.4 is 5.32 Å². The van der Waals surface area contributed by atoms with Gasteiger partial charge in [-0.15, -0.1) is 0 Å². The standard InChI is InChI=1S/C16H26N2O2/c1-19-9-7-18(8-10-20-2)13-16-11-14-5-3-4-6-15(14)12-17-16/h3-6,16-17H,7-13H2,1-2H3. The maximum atomic E-state index is 5.19. The van der Waals surface area contributed by atoms with Gasteiger partial charge >= 0.3 is 0 Å². The van der Waals surface area contributed by atoms with Gasteiger partial charge in [0.25, 0.3) is 0 Å². The van der Waals surface area contributed by atoms with Crippen molar-refractivity contribution in [1.29, 1.82) is 0 Å². The Morgan fingerprint density at radius 2 is 1.75 bits per heavy atom. The first-order chi connectivity index (χ1) is 9.83. The second-order valence-electron chi connectivity index (χ2n) is 5.34. The van der Waals surface area contributed by atoms with Crippen molar-refractivity contribution in [3.05, 3.63) is 35.4 Å². The topological polar surface area (TPSA) is 33.7 Å². The number of hydrogen-bond donors (Lipinski definition) is 1. The molecule has 1 aromatic rings. The molecule has 0 radical (unpaired) electrons. The Labute approximate surface area is 122 Å². The lowest BCUT2D eigenvalue weighted by Gasteiger charge is -2.31. The Balaban J connectivity index is 1.87. The van der Waals surface area contributed by atoms with Crippen LogP contribution in [0.5, 0.6) is 0 Å².